The van der Waals surface area contributed by atoms with Gasteiger partial charge in [-0.25, -0.2) is 4.98 Å². The van der Waals surface area contributed by atoms with E-state index in [0.29, 0.717) is 12.2 Å². The van der Waals surface area contributed by atoms with E-state index in [1.807, 2.05) is 12.4 Å². The molecule has 0 N–H and O–H groups in total. The van der Waals surface area contributed by atoms with Gasteiger partial charge >= 0.3 is 0 Å². The normalized spacial score (nSPS) is 23.5. The second-order valence-electron chi connectivity index (χ2n) is 5.81. The Hall–Kier alpha value is -1.12. The summed E-state index contributed by atoms with van der Waals surface area (Å²) in [6.45, 7) is 5.37. The topological polar surface area (TPSA) is 34.9 Å². The summed E-state index contributed by atoms with van der Waals surface area (Å²) in [5, 5.41) is 0. The van der Waals surface area contributed by atoms with Gasteiger partial charge in [0, 0.05) is 24.9 Å². The Morgan fingerprint density at radius 1 is 1.32 bits per heavy atom. The Bertz CT molecular complexity index is 403. The zero-order chi connectivity index (χ0) is 13.7. The first-order valence-corrected chi connectivity index (χ1v) is 7.77. The third kappa shape index (κ3) is 3.68. The molecule has 0 saturated heterocycles. The lowest BCUT2D eigenvalue weighted by Gasteiger charge is -2.26. The van der Waals surface area contributed by atoms with Gasteiger partial charge in [-0.1, -0.05) is 20.3 Å². The van der Waals surface area contributed by atoms with Crippen LogP contribution in [0.4, 0.5) is 0 Å². The van der Waals surface area contributed by atoms with E-state index in [1.54, 1.807) is 0 Å². The number of aromatic nitrogens is 2. The van der Waals surface area contributed by atoms with Gasteiger partial charge in [-0.2, -0.15) is 0 Å². The number of Topliss-reactive ketones (excluding diaryl/α,β-unsaturated/α-hetero) is 1. The monoisotopic (exact) mass is 262 g/mol. The van der Waals surface area contributed by atoms with Crippen molar-refractivity contribution in [1.82, 2.24) is 9.55 Å². The molecule has 0 bridgehead atoms. The third-order valence-electron chi connectivity index (χ3n) is 4.48. The third-order valence-corrected chi connectivity index (χ3v) is 4.48. The molecule has 1 aliphatic carbocycles. The average Bonchev–Trinajstić information content (AvgIpc) is 2.86. The second kappa shape index (κ2) is 6.88. The fourth-order valence-electron chi connectivity index (χ4n) is 3.14. The van der Waals surface area contributed by atoms with Gasteiger partial charge in [-0.05, 0) is 38.0 Å². The lowest BCUT2D eigenvalue weighted by Crippen LogP contribution is -2.24. The number of aryl methyl sites for hydroxylation is 1. The van der Waals surface area contributed by atoms with E-state index in [1.165, 1.54) is 19.3 Å². The number of ketones is 1. The highest BCUT2D eigenvalue weighted by Crippen LogP contribution is 2.31. The minimum Gasteiger partial charge on any atom is -0.335 e. The van der Waals surface area contributed by atoms with Crippen LogP contribution in [0.5, 0.6) is 0 Å². The molecule has 1 heterocycles. The summed E-state index contributed by atoms with van der Waals surface area (Å²) in [5.41, 5.74) is 0. The lowest BCUT2D eigenvalue weighted by atomic mass is 9.78. The molecule has 0 atom stereocenters. The van der Waals surface area contributed by atoms with E-state index >= 15 is 0 Å². The minimum atomic E-state index is 0.287. The van der Waals surface area contributed by atoms with Crippen LogP contribution >= 0.6 is 0 Å². The second-order valence-corrected chi connectivity index (χ2v) is 5.81. The molecule has 3 nitrogen and oxygen atoms in total. The van der Waals surface area contributed by atoms with Gasteiger partial charge in [0.15, 0.2) is 0 Å². The number of hydrogen-bond donors (Lipinski definition) is 0. The Kier molecular flexibility index (Phi) is 5.17. The van der Waals surface area contributed by atoms with Crippen LogP contribution in [0.15, 0.2) is 12.4 Å². The van der Waals surface area contributed by atoms with Crippen molar-refractivity contribution in [3.63, 3.8) is 0 Å². The summed E-state index contributed by atoms with van der Waals surface area (Å²) >= 11 is 0. The molecule has 2 rings (SSSR count). The van der Waals surface area contributed by atoms with Crippen molar-refractivity contribution < 1.29 is 4.79 Å². The molecule has 0 aliphatic heterocycles. The van der Waals surface area contributed by atoms with Gasteiger partial charge < -0.3 is 4.57 Å². The van der Waals surface area contributed by atoms with E-state index in [9.17, 15) is 4.79 Å². The van der Waals surface area contributed by atoms with Crippen molar-refractivity contribution in [1.29, 1.82) is 0 Å². The molecule has 1 aliphatic rings. The number of carbonyl (C=O) groups excluding carboxylic acids is 1. The van der Waals surface area contributed by atoms with Crippen LogP contribution in [-0.2, 0) is 17.8 Å². The number of imidazole rings is 1. The molecule has 0 unspecified atom stereocenters. The summed E-state index contributed by atoms with van der Waals surface area (Å²) in [7, 11) is 0. The van der Waals surface area contributed by atoms with Crippen LogP contribution in [-0.4, -0.2) is 15.3 Å². The number of hydrogen-bond acceptors (Lipinski definition) is 2. The van der Waals surface area contributed by atoms with Crippen LogP contribution in [0.25, 0.3) is 0 Å². The molecular formula is C16H26N2O. The van der Waals surface area contributed by atoms with Crippen LogP contribution in [0.1, 0.15) is 58.2 Å². The number of nitrogens with zero attached hydrogens (tertiary/aromatic N) is 2. The van der Waals surface area contributed by atoms with Gasteiger partial charge in [0.1, 0.15) is 11.6 Å². The summed E-state index contributed by atoms with van der Waals surface area (Å²) in [6, 6.07) is 0. The SMILES string of the molecule is CCCn1ccnc1CC(=O)C1CCC(CC)CC1. The molecule has 1 fully saturated rings. The summed E-state index contributed by atoms with van der Waals surface area (Å²) < 4.78 is 2.12. The Morgan fingerprint density at radius 3 is 2.68 bits per heavy atom. The lowest BCUT2D eigenvalue weighted by molar-refractivity contribution is -0.123. The Balaban J connectivity index is 1.89. The molecule has 3 heteroatoms. The predicted molar refractivity (Wildman–Crippen MR) is 77.0 cm³/mol. The fourth-order valence-corrected chi connectivity index (χ4v) is 3.14. The molecule has 19 heavy (non-hydrogen) atoms. The highest BCUT2D eigenvalue weighted by atomic mass is 16.1. The smallest absolute Gasteiger partial charge is 0.143 e. The number of rotatable bonds is 6. The van der Waals surface area contributed by atoms with E-state index in [-0.39, 0.29) is 5.92 Å². The van der Waals surface area contributed by atoms with Crippen molar-refractivity contribution in [2.24, 2.45) is 11.8 Å². The summed E-state index contributed by atoms with van der Waals surface area (Å²) in [6.07, 6.45) is 11.3. The van der Waals surface area contributed by atoms with Crippen LogP contribution in [0.3, 0.4) is 0 Å². The number of carbonyl (C=O) groups is 1. The maximum absolute atomic E-state index is 12.4. The zero-order valence-corrected chi connectivity index (χ0v) is 12.3. The molecular weight excluding hydrogens is 236 g/mol. The summed E-state index contributed by atoms with van der Waals surface area (Å²) in [5.74, 6) is 2.49. The first-order valence-electron chi connectivity index (χ1n) is 7.77. The van der Waals surface area contributed by atoms with Crippen molar-refractivity contribution in [2.75, 3.05) is 0 Å². The Morgan fingerprint density at radius 2 is 2.05 bits per heavy atom. The van der Waals surface area contributed by atoms with Crippen LogP contribution in [0, 0.1) is 11.8 Å². The van der Waals surface area contributed by atoms with E-state index in [2.05, 4.69) is 23.4 Å². The molecule has 0 radical (unpaired) electrons. The maximum Gasteiger partial charge on any atom is 0.143 e. The van der Waals surface area contributed by atoms with Gasteiger partial charge in [-0.15, -0.1) is 0 Å². The molecule has 106 valence electrons. The van der Waals surface area contributed by atoms with Crippen molar-refractivity contribution >= 4 is 5.78 Å². The van der Waals surface area contributed by atoms with Crippen molar-refractivity contribution in [3.8, 4) is 0 Å². The van der Waals surface area contributed by atoms with Crippen LogP contribution < -0.4 is 0 Å². The first kappa shape index (κ1) is 14.3. The van der Waals surface area contributed by atoms with Crippen molar-refractivity contribution in [3.05, 3.63) is 18.2 Å². The van der Waals surface area contributed by atoms with Gasteiger partial charge in [0.2, 0.25) is 0 Å². The summed E-state index contributed by atoms with van der Waals surface area (Å²) in [4.78, 5) is 16.7. The highest BCUT2D eigenvalue weighted by molar-refractivity contribution is 5.82. The molecule has 0 spiro atoms. The minimum absolute atomic E-state index is 0.287. The van der Waals surface area contributed by atoms with E-state index < -0.39 is 0 Å². The quantitative estimate of drug-likeness (QED) is 0.784. The molecule has 0 aromatic carbocycles. The van der Waals surface area contributed by atoms with E-state index in [4.69, 9.17) is 0 Å². The van der Waals surface area contributed by atoms with Gasteiger partial charge in [-0.3, -0.25) is 4.79 Å². The maximum atomic E-state index is 12.4. The zero-order valence-electron chi connectivity index (χ0n) is 12.3. The van der Waals surface area contributed by atoms with Gasteiger partial charge in [0.05, 0.1) is 6.42 Å². The average molecular weight is 262 g/mol. The fraction of sp³-hybridized carbons (Fsp3) is 0.750. The van der Waals surface area contributed by atoms with Crippen LogP contribution in [0.2, 0.25) is 0 Å². The molecule has 1 aromatic heterocycles. The molecule has 1 aromatic rings. The predicted octanol–water partition coefficient (Wildman–Crippen LogP) is 3.62. The molecule has 0 amide bonds. The largest absolute Gasteiger partial charge is 0.335 e. The highest BCUT2D eigenvalue weighted by Gasteiger charge is 2.26. The Labute approximate surface area is 116 Å². The first-order chi connectivity index (χ1) is 9.24. The van der Waals surface area contributed by atoms with Gasteiger partial charge in [0.25, 0.3) is 0 Å². The molecule has 1 saturated carbocycles. The van der Waals surface area contributed by atoms with Crippen molar-refractivity contribution in [2.45, 2.75) is 65.3 Å². The van der Waals surface area contributed by atoms with E-state index in [0.717, 1.165) is 37.5 Å². The standard InChI is InChI=1S/C16H26N2O/c1-3-10-18-11-9-17-16(18)12-15(19)14-7-5-13(4-2)6-8-14/h9,11,13-14H,3-8,10,12H2,1-2H3.